The Kier molecular flexibility index (Phi) is 6.42. The molecule has 186 valence electrons. The van der Waals surface area contributed by atoms with Gasteiger partial charge in [0, 0.05) is 43.3 Å². The normalized spacial score (nSPS) is 11.6. The number of hydrogen-bond acceptors (Lipinski definition) is 4. The van der Waals surface area contributed by atoms with Crippen molar-refractivity contribution in [3.63, 3.8) is 0 Å². The molecule has 0 aliphatic heterocycles. The number of halogens is 3. The smallest absolute Gasteiger partial charge is 0.248 e. The zero-order chi connectivity index (χ0) is 26.2. The number of furan rings is 1. The number of carbonyl (C=O) groups is 1. The average molecular weight is 560 g/mol. The van der Waals surface area contributed by atoms with Crippen molar-refractivity contribution in [3.8, 4) is 22.8 Å². The molecule has 0 unspecified atom stereocenters. The fraction of sp³-hybridized carbons (Fsp3) is 0. The largest absolute Gasteiger partial charge is 0.457 e. The molecule has 0 radical (unpaired) electrons. The number of anilines is 1. The van der Waals surface area contributed by atoms with Gasteiger partial charge in [-0.1, -0.05) is 59.1 Å². The number of nitrogens with one attached hydrogen (secondary N) is 1. The molecule has 0 aliphatic rings. The number of aromatic nitrogens is 1. The van der Waals surface area contributed by atoms with Crippen molar-refractivity contribution < 1.29 is 13.6 Å². The summed E-state index contributed by atoms with van der Waals surface area (Å²) in [7, 11) is 0. The molecule has 2 heterocycles. The molecule has 0 fully saturated rings. The molecule has 0 bridgehead atoms. The van der Waals surface area contributed by atoms with E-state index >= 15 is 0 Å². The van der Waals surface area contributed by atoms with Gasteiger partial charge in [0.05, 0.1) is 0 Å². The van der Waals surface area contributed by atoms with Crippen LogP contribution in [0.2, 0.25) is 15.1 Å². The van der Waals surface area contributed by atoms with Crippen LogP contribution in [0.1, 0.15) is 5.76 Å². The Bertz CT molecular complexity index is 1850. The van der Waals surface area contributed by atoms with Gasteiger partial charge in [0.15, 0.2) is 5.58 Å². The molecule has 5 nitrogen and oxygen atoms in total. The van der Waals surface area contributed by atoms with E-state index in [2.05, 4.69) is 10.3 Å². The summed E-state index contributed by atoms with van der Waals surface area (Å²) in [5.41, 5.74) is 3.40. The Morgan fingerprint density at radius 3 is 2.45 bits per heavy atom. The second-order valence-corrected chi connectivity index (χ2v) is 9.80. The SMILES string of the molecule is O=C(/C=C/c1ccc(-c2cc(Cl)cc(Cl)c2)o1)Nc1ccc2oc(-c3cccc4c(Cl)cccc34)nc2c1. The summed E-state index contributed by atoms with van der Waals surface area (Å²) in [6, 6.07) is 25.6. The van der Waals surface area contributed by atoms with Gasteiger partial charge in [0.25, 0.3) is 0 Å². The number of carbonyl (C=O) groups excluding carboxylic acids is 1. The van der Waals surface area contributed by atoms with E-state index in [0.29, 0.717) is 49.3 Å². The van der Waals surface area contributed by atoms with Crippen molar-refractivity contribution in [1.82, 2.24) is 4.98 Å². The summed E-state index contributed by atoms with van der Waals surface area (Å²) in [4.78, 5) is 17.2. The van der Waals surface area contributed by atoms with E-state index in [4.69, 9.17) is 43.6 Å². The molecule has 2 aromatic heterocycles. The van der Waals surface area contributed by atoms with Crippen molar-refractivity contribution in [2.45, 2.75) is 0 Å². The Balaban J connectivity index is 1.19. The summed E-state index contributed by atoms with van der Waals surface area (Å²) in [6.07, 6.45) is 2.98. The third-order valence-electron chi connectivity index (χ3n) is 5.93. The van der Waals surface area contributed by atoms with E-state index in [1.165, 1.54) is 6.08 Å². The average Bonchev–Trinajstić information content (AvgIpc) is 3.54. The Hall–Kier alpha value is -4.03. The Labute approximate surface area is 232 Å². The van der Waals surface area contributed by atoms with Crippen molar-refractivity contribution in [3.05, 3.63) is 112 Å². The fourth-order valence-electron chi connectivity index (χ4n) is 4.21. The number of fused-ring (bicyclic) bond motifs is 2. The van der Waals surface area contributed by atoms with Crippen LogP contribution in [0, 0.1) is 0 Å². The molecule has 0 aliphatic carbocycles. The van der Waals surface area contributed by atoms with Crippen LogP contribution in [0.25, 0.3) is 50.7 Å². The second kappa shape index (κ2) is 10.0. The van der Waals surface area contributed by atoms with Crippen molar-refractivity contribution >= 4 is 74.3 Å². The van der Waals surface area contributed by atoms with E-state index in [-0.39, 0.29) is 5.91 Å². The van der Waals surface area contributed by atoms with E-state index in [1.807, 2.05) is 36.4 Å². The number of rotatable bonds is 5. The lowest BCUT2D eigenvalue weighted by molar-refractivity contribution is -0.111. The summed E-state index contributed by atoms with van der Waals surface area (Å²) >= 11 is 18.5. The third kappa shape index (κ3) is 4.92. The first-order valence-electron chi connectivity index (χ1n) is 11.6. The summed E-state index contributed by atoms with van der Waals surface area (Å²) in [5, 5.41) is 6.41. The highest BCUT2D eigenvalue weighted by Crippen LogP contribution is 2.34. The molecule has 6 rings (SSSR count). The minimum atomic E-state index is -0.319. The van der Waals surface area contributed by atoms with E-state index < -0.39 is 0 Å². The highest BCUT2D eigenvalue weighted by Gasteiger charge is 2.13. The van der Waals surface area contributed by atoms with Gasteiger partial charge in [-0.25, -0.2) is 4.98 Å². The van der Waals surface area contributed by atoms with Gasteiger partial charge in [0.1, 0.15) is 17.0 Å². The minimum absolute atomic E-state index is 0.319. The highest BCUT2D eigenvalue weighted by molar-refractivity contribution is 6.36. The summed E-state index contributed by atoms with van der Waals surface area (Å²) in [5.74, 6) is 1.26. The summed E-state index contributed by atoms with van der Waals surface area (Å²) < 4.78 is 11.8. The lowest BCUT2D eigenvalue weighted by atomic mass is 10.0. The molecule has 6 aromatic rings. The molecule has 1 amide bonds. The maximum absolute atomic E-state index is 12.6. The zero-order valence-corrected chi connectivity index (χ0v) is 21.8. The predicted octanol–water partition coefficient (Wildman–Crippen LogP) is 9.52. The lowest BCUT2D eigenvalue weighted by Crippen LogP contribution is -2.07. The zero-order valence-electron chi connectivity index (χ0n) is 19.5. The van der Waals surface area contributed by atoms with Crippen LogP contribution in [0.5, 0.6) is 0 Å². The van der Waals surface area contributed by atoms with Gasteiger partial charge in [-0.15, -0.1) is 0 Å². The van der Waals surface area contributed by atoms with Gasteiger partial charge < -0.3 is 14.2 Å². The molecule has 0 atom stereocenters. The minimum Gasteiger partial charge on any atom is -0.457 e. The molecule has 0 spiro atoms. The van der Waals surface area contributed by atoms with Gasteiger partial charge in [0.2, 0.25) is 11.8 Å². The number of oxazole rings is 1. The lowest BCUT2D eigenvalue weighted by Gasteiger charge is -2.04. The first-order valence-corrected chi connectivity index (χ1v) is 12.7. The fourth-order valence-corrected chi connectivity index (χ4v) is 4.98. The number of hydrogen-bond donors (Lipinski definition) is 1. The number of nitrogens with zero attached hydrogens (tertiary/aromatic N) is 1. The first kappa shape index (κ1) is 24.3. The summed E-state index contributed by atoms with van der Waals surface area (Å²) in [6.45, 7) is 0. The molecule has 8 heteroatoms. The standard InChI is InChI=1S/C30H17Cl3N2O3/c31-18-13-17(14-19(32)15-18)27-11-8-21(37-27)9-12-29(36)34-20-7-10-28-26(16-20)35-30(38-28)24-5-1-4-23-22(24)3-2-6-25(23)33/h1-16H,(H,34,36)/b12-9+. The maximum Gasteiger partial charge on any atom is 0.248 e. The van der Waals surface area contributed by atoms with Crippen LogP contribution in [0.4, 0.5) is 5.69 Å². The Morgan fingerprint density at radius 2 is 1.61 bits per heavy atom. The van der Waals surface area contributed by atoms with Crippen LogP contribution in [0.3, 0.4) is 0 Å². The van der Waals surface area contributed by atoms with Crippen LogP contribution in [-0.2, 0) is 4.79 Å². The van der Waals surface area contributed by atoms with Gasteiger partial charge in [-0.3, -0.25) is 4.79 Å². The molecule has 38 heavy (non-hydrogen) atoms. The van der Waals surface area contributed by atoms with Crippen molar-refractivity contribution in [1.29, 1.82) is 0 Å². The molecule has 0 saturated heterocycles. The van der Waals surface area contributed by atoms with Gasteiger partial charge in [-0.05, 0) is 72.1 Å². The first-order chi connectivity index (χ1) is 18.4. The molecular weight excluding hydrogens is 543 g/mol. The molecule has 0 saturated carbocycles. The van der Waals surface area contributed by atoms with Crippen LogP contribution < -0.4 is 5.32 Å². The van der Waals surface area contributed by atoms with E-state index in [9.17, 15) is 4.79 Å². The molecule has 1 N–H and O–H groups in total. The maximum atomic E-state index is 12.6. The van der Waals surface area contributed by atoms with E-state index in [0.717, 1.165) is 21.9 Å². The number of amides is 1. The van der Waals surface area contributed by atoms with Crippen LogP contribution in [-0.4, -0.2) is 10.9 Å². The van der Waals surface area contributed by atoms with Crippen molar-refractivity contribution in [2.24, 2.45) is 0 Å². The third-order valence-corrected chi connectivity index (χ3v) is 6.69. The molecule has 4 aromatic carbocycles. The molecular formula is C30H17Cl3N2O3. The van der Waals surface area contributed by atoms with E-state index in [1.54, 1.807) is 54.6 Å². The Morgan fingerprint density at radius 1 is 0.816 bits per heavy atom. The monoisotopic (exact) mass is 558 g/mol. The second-order valence-electron chi connectivity index (χ2n) is 8.52. The van der Waals surface area contributed by atoms with Crippen molar-refractivity contribution in [2.75, 3.05) is 5.32 Å². The topological polar surface area (TPSA) is 68.3 Å². The predicted molar refractivity (Wildman–Crippen MR) is 154 cm³/mol. The highest BCUT2D eigenvalue weighted by atomic mass is 35.5. The van der Waals surface area contributed by atoms with Gasteiger partial charge >= 0.3 is 0 Å². The number of benzene rings is 4. The van der Waals surface area contributed by atoms with Crippen LogP contribution in [0.15, 0.2) is 99.8 Å². The van der Waals surface area contributed by atoms with Crippen LogP contribution >= 0.6 is 34.8 Å². The van der Waals surface area contributed by atoms with Gasteiger partial charge in [-0.2, -0.15) is 0 Å². The quantitative estimate of drug-likeness (QED) is 0.214.